The van der Waals surface area contributed by atoms with Crippen LogP contribution < -0.4 is 5.32 Å². The summed E-state index contributed by atoms with van der Waals surface area (Å²) in [6.07, 6.45) is 9.17. The molecule has 1 atom stereocenters. The largest absolute Gasteiger partial charge is 0.322 e. The number of carbonyl (C=O) groups excluding carboxylic acids is 1. The minimum atomic E-state index is -0.0903. The van der Waals surface area contributed by atoms with Gasteiger partial charge < -0.3 is 10.2 Å². The van der Waals surface area contributed by atoms with Crippen molar-refractivity contribution in [2.45, 2.75) is 25.8 Å². The highest BCUT2D eigenvalue weighted by atomic mass is 16.2. The van der Waals surface area contributed by atoms with Gasteiger partial charge in [-0.3, -0.25) is 4.68 Å². The molecule has 3 aromatic rings. The van der Waals surface area contributed by atoms with Gasteiger partial charge in [0.2, 0.25) is 0 Å². The maximum Gasteiger partial charge on any atom is 0.321 e. The molecule has 0 radical (unpaired) electrons. The van der Waals surface area contributed by atoms with Crippen molar-refractivity contribution < 1.29 is 4.79 Å². The van der Waals surface area contributed by atoms with Gasteiger partial charge in [-0.2, -0.15) is 10.2 Å². The maximum atomic E-state index is 12.6. The number of carbonyl (C=O) groups is 1. The normalized spacial score (nSPS) is 18.0. The quantitative estimate of drug-likeness (QED) is 0.782. The fraction of sp³-hybridized carbons (Fsp3) is 0.375. The second-order valence-corrected chi connectivity index (χ2v) is 6.15. The van der Waals surface area contributed by atoms with Gasteiger partial charge in [-0.15, -0.1) is 0 Å². The molecular formula is C16H19N7O. The van der Waals surface area contributed by atoms with E-state index in [9.17, 15) is 4.79 Å². The average Bonchev–Trinajstić information content (AvgIpc) is 3.23. The minimum Gasteiger partial charge on any atom is -0.322 e. The number of piperidine rings is 1. The molecular weight excluding hydrogens is 306 g/mol. The van der Waals surface area contributed by atoms with Crippen molar-refractivity contribution in [1.29, 1.82) is 0 Å². The molecule has 1 aliphatic rings. The molecule has 0 saturated carbocycles. The van der Waals surface area contributed by atoms with Crippen LogP contribution in [-0.4, -0.2) is 48.4 Å². The summed E-state index contributed by atoms with van der Waals surface area (Å²) in [6, 6.07) is 3.77. The molecule has 1 unspecified atom stereocenters. The molecule has 4 heterocycles. The van der Waals surface area contributed by atoms with Crippen molar-refractivity contribution in [3.8, 4) is 0 Å². The Bertz CT molecular complexity index is 868. The molecule has 1 fully saturated rings. The molecule has 8 heteroatoms. The molecule has 4 rings (SSSR count). The van der Waals surface area contributed by atoms with Crippen LogP contribution >= 0.6 is 0 Å². The molecule has 0 spiro atoms. The Hall–Kier alpha value is -2.90. The number of hydrogen-bond acceptors (Lipinski definition) is 4. The number of pyridine rings is 1. The van der Waals surface area contributed by atoms with Crippen molar-refractivity contribution in [1.82, 2.24) is 29.3 Å². The summed E-state index contributed by atoms with van der Waals surface area (Å²) < 4.78 is 3.63. The Kier molecular flexibility index (Phi) is 3.64. The highest BCUT2D eigenvalue weighted by Gasteiger charge is 2.25. The number of nitrogens with zero attached hydrogens (tertiary/aromatic N) is 6. The van der Waals surface area contributed by atoms with Crippen molar-refractivity contribution in [3.63, 3.8) is 0 Å². The predicted molar refractivity (Wildman–Crippen MR) is 88.8 cm³/mol. The molecule has 1 saturated heterocycles. The number of anilines is 1. The van der Waals surface area contributed by atoms with Crippen LogP contribution in [0.5, 0.6) is 0 Å². The first-order valence-corrected chi connectivity index (χ1v) is 8.05. The van der Waals surface area contributed by atoms with E-state index in [0.717, 1.165) is 30.6 Å². The average molecular weight is 325 g/mol. The number of aromatic nitrogens is 5. The Balaban J connectivity index is 1.45. The molecule has 2 amide bonds. The topological polar surface area (TPSA) is 80.4 Å². The van der Waals surface area contributed by atoms with Gasteiger partial charge in [0.05, 0.1) is 12.2 Å². The number of amides is 2. The molecule has 1 aliphatic heterocycles. The number of urea groups is 1. The number of nitrogens with one attached hydrogen (secondary N) is 1. The zero-order valence-electron chi connectivity index (χ0n) is 13.5. The van der Waals surface area contributed by atoms with Crippen LogP contribution in [0.2, 0.25) is 0 Å². The lowest BCUT2D eigenvalue weighted by Gasteiger charge is -2.32. The van der Waals surface area contributed by atoms with E-state index in [0.29, 0.717) is 12.2 Å². The first kappa shape index (κ1) is 14.7. The number of aryl methyl sites for hydroxylation is 1. The van der Waals surface area contributed by atoms with Crippen LogP contribution in [0, 0.1) is 6.92 Å². The van der Waals surface area contributed by atoms with E-state index in [1.54, 1.807) is 10.7 Å². The summed E-state index contributed by atoms with van der Waals surface area (Å²) in [4.78, 5) is 18.5. The van der Waals surface area contributed by atoms with Crippen molar-refractivity contribution >= 4 is 17.4 Å². The van der Waals surface area contributed by atoms with Gasteiger partial charge >= 0.3 is 6.03 Å². The summed E-state index contributed by atoms with van der Waals surface area (Å²) in [5.74, 6) is 0. The van der Waals surface area contributed by atoms with E-state index in [4.69, 9.17) is 0 Å². The lowest BCUT2D eigenvalue weighted by atomic mass is 10.1. The van der Waals surface area contributed by atoms with E-state index in [-0.39, 0.29) is 12.1 Å². The lowest BCUT2D eigenvalue weighted by molar-refractivity contribution is 0.175. The van der Waals surface area contributed by atoms with E-state index < -0.39 is 0 Å². The standard InChI is InChI=1S/C16H19N7O/c1-12-8-18-23(9-12)14-3-2-5-21(10-14)16(24)20-13-4-6-22-15(7-13)17-11-19-22/h4,6-9,11,14H,2-3,5,10H2,1H3,(H,20,24). The van der Waals surface area contributed by atoms with Crippen LogP contribution in [0.4, 0.5) is 10.5 Å². The van der Waals surface area contributed by atoms with E-state index in [1.165, 1.54) is 6.33 Å². The second-order valence-electron chi connectivity index (χ2n) is 6.15. The van der Waals surface area contributed by atoms with Crippen molar-refractivity contribution in [2.75, 3.05) is 18.4 Å². The summed E-state index contributed by atoms with van der Waals surface area (Å²) in [5, 5.41) is 11.4. The molecule has 8 nitrogen and oxygen atoms in total. The van der Waals surface area contributed by atoms with Gasteiger partial charge in [-0.25, -0.2) is 14.3 Å². The summed E-state index contributed by atoms with van der Waals surface area (Å²) in [5.41, 5.74) is 2.56. The van der Waals surface area contributed by atoms with Gasteiger partial charge in [-0.05, 0) is 31.4 Å². The molecule has 1 N–H and O–H groups in total. The molecule has 3 aromatic heterocycles. The summed E-state index contributed by atoms with van der Waals surface area (Å²) in [7, 11) is 0. The first-order valence-electron chi connectivity index (χ1n) is 8.05. The third kappa shape index (κ3) is 2.82. The third-order valence-corrected chi connectivity index (χ3v) is 4.32. The number of rotatable bonds is 2. The van der Waals surface area contributed by atoms with Gasteiger partial charge in [0.1, 0.15) is 6.33 Å². The van der Waals surface area contributed by atoms with Crippen LogP contribution in [0.15, 0.2) is 37.1 Å². The van der Waals surface area contributed by atoms with E-state index >= 15 is 0 Å². The molecule has 0 aliphatic carbocycles. The fourth-order valence-corrected chi connectivity index (χ4v) is 3.08. The van der Waals surface area contributed by atoms with Crippen LogP contribution in [-0.2, 0) is 0 Å². The van der Waals surface area contributed by atoms with Gasteiger partial charge in [0, 0.05) is 37.2 Å². The van der Waals surface area contributed by atoms with Crippen LogP contribution in [0.1, 0.15) is 24.4 Å². The highest BCUT2D eigenvalue weighted by molar-refractivity contribution is 5.89. The smallest absolute Gasteiger partial charge is 0.321 e. The SMILES string of the molecule is Cc1cnn(C2CCCN(C(=O)Nc3ccn4ncnc4c3)C2)c1. The number of likely N-dealkylation sites (tertiary alicyclic amines) is 1. The molecule has 124 valence electrons. The Labute approximate surface area is 139 Å². The number of hydrogen-bond donors (Lipinski definition) is 1. The lowest BCUT2D eigenvalue weighted by Crippen LogP contribution is -2.43. The van der Waals surface area contributed by atoms with Gasteiger partial charge in [-0.1, -0.05) is 0 Å². The first-order chi connectivity index (χ1) is 11.7. The Morgan fingerprint density at radius 1 is 1.38 bits per heavy atom. The van der Waals surface area contributed by atoms with Gasteiger partial charge in [0.15, 0.2) is 5.65 Å². The maximum absolute atomic E-state index is 12.6. The van der Waals surface area contributed by atoms with E-state index in [1.807, 2.05) is 41.0 Å². The molecule has 0 aromatic carbocycles. The number of fused-ring (bicyclic) bond motifs is 1. The second kappa shape index (κ2) is 5.95. The Morgan fingerprint density at radius 2 is 2.29 bits per heavy atom. The molecule has 24 heavy (non-hydrogen) atoms. The zero-order valence-corrected chi connectivity index (χ0v) is 13.5. The monoisotopic (exact) mass is 325 g/mol. The predicted octanol–water partition coefficient (Wildman–Crippen LogP) is 2.10. The van der Waals surface area contributed by atoms with Gasteiger partial charge in [0.25, 0.3) is 0 Å². The Morgan fingerprint density at radius 3 is 3.12 bits per heavy atom. The molecule has 0 bridgehead atoms. The van der Waals surface area contributed by atoms with Crippen LogP contribution in [0.3, 0.4) is 0 Å². The van der Waals surface area contributed by atoms with E-state index in [2.05, 4.69) is 20.5 Å². The van der Waals surface area contributed by atoms with Crippen molar-refractivity contribution in [2.24, 2.45) is 0 Å². The summed E-state index contributed by atoms with van der Waals surface area (Å²) in [6.45, 7) is 3.45. The third-order valence-electron chi connectivity index (χ3n) is 4.32. The highest BCUT2D eigenvalue weighted by Crippen LogP contribution is 2.22. The fourth-order valence-electron chi connectivity index (χ4n) is 3.08. The van der Waals surface area contributed by atoms with Crippen molar-refractivity contribution in [3.05, 3.63) is 42.6 Å². The minimum absolute atomic E-state index is 0.0903. The summed E-state index contributed by atoms with van der Waals surface area (Å²) >= 11 is 0. The zero-order chi connectivity index (χ0) is 16.5. The van der Waals surface area contributed by atoms with Crippen LogP contribution in [0.25, 0.3) is 5.65 Å².